The highest BCUT2D eigenvalue weighted by Gasteiger charge is 2.27. The predicted octanol–water partition coefficient (Wildman–Crippen LogP) is 3.10. The van der Waals surface area contributed by atoms with Gasteiger partial charge in [0, 0.05) is 10.8 Å². The number of hydrogen-bond donors (Lipinski definition) is 2. The first kappa shape index (κ1) is 14.7. The summed E-state index contributed by atoms with van der Waals surface area (Å²) in [5.41, 5.74) is 6.66. The number of benzene rings is 1. The van der Waals surface area contributed by atoms with Crippen LogP contribution in [-0.2, 0) is 0 Å². The first-order chi connectivity index (χ1) is 9.19. The predicted molar refractivity (Wildman–Crippen MR) is 82.6 cm³/mol. The molecule has 0 aromatic heterocycles. The zero-order valence-electron chi connectivity index (χ0n) is 12.0. The molecular weight excluding hydrogens is 256 g/mol. The van der Waals surface area contributed by atoms with E-state index in [1.165, 1.54) is 41.7 Å². The van der Waals surface area contributed by atoms with Gasteiger partial charge in [0.2, 0.25) is 0 Å². The first-order valence-electron chi connectivity index (χ1n) is 6.91. The van der Waals surface area contributed by atoms with E-state index in [0.29, 0.717) is 5.25 Å². The second-order valence-corrected chi connectivity index (χ2v) is 6.53. The van der Waals surface area contributed by atoms with Gasteiger partial charge in [0.25, 0.3) is 0 Å². The van der Waals surface area contributed by atoms with Crippen molar-refractivity contribution in [1.29, 1.82) is 0 Å². The Bertz CT molecular complexity index is 430. The number of nitrogens with one attached hydrogen (secondary N) is 1. The molecule has 2 rings (SSSR count). The molecule has 1 heterocycles. The zero-order chi connectivity index (χ0) is 13.8. The van der Waals surface area contributed by atoms with E-state index in [1.54, 1.807) is 7.11 Å². The smallest absolute Gasteiger partial charge is 0.126 e. The molecule has 0 amide bonds. The van der Waals surface area contributed by atoms with Crippen molar-refractivity contribution in [3.05, 3.63) is 28.8 Å². The Morgan fingerprint density at radius 1 is 1.37 bits per heavy atom. The van der Waals surface area contributed by atoms with Crippen LogP contribution in [0.1, 0.15) is 42.0 Å². The number of thioether (sulfide) groups is 1. The molecule has 0 saturated carbocycles. The molecule has 2 atom stereocenters. The van der Waals surface area contributed by atoms with Crippen LogP contribution in [0.3, 0.4) is 0 Å². The van der Waals surface area contributed by atoms with Crippen molar-refractivity contribution >= 4 is 11.8 Å². The fourth-order valence-corrected chi connectivity index (χ4v) is 4.18. The number of nitrogens with two attached hydrogens (primary N) is 1. The molecular formula is C15H24N2OS. The van der Waals surface area contributed by atoms with Gasteiger partial charge in [0.1, 0.15) is 5.75 Å². The van der Waals surface area contributed by atoms with Gasteiger partial charge in [-0.25, -0.2) is 0 Å². The Balaban J connectivity index is 2.34. The molecule has 3 N–H and O–H groups in total. The maximum absolute atomic E-state index is 5.83. The summed E-state index contributed by atoms with van der Waals surface area (Å²) < 4.78 is 5.63. The number of hydrogen-bond acceptors (Lipinski definition) is 4. The molecule has 4 heteroatoms. The molecule has 0 spiro atoms. The van der Waals surface area contributed by atoms with Crippen LogP contribution in [0.4, 0.5) is 0 Å². The Morgan fingerprint density at radius 3 is 2.74 bits per heavy atom. The summed E-state index contributed by atoms with van der Waals surface area (Å²) >= 11 is 2.02. The molecule has 1 aromatic rings. The zero-order valence-corrected chi connectivity index (χ0v) is 12.8. The van der Waals surface area contributed by atoms with E-state index in [9.17, 15) is 0 Å². The highest BCUT2D eigenvalue weighted by atomic mass is 32.2. The van der Waals surface area contributed by atoms with E-state index < -0.39 is 0 Å². The van der Waals surface area contributed by atoms with Crippen LogP contribution in [0, 0.1) is 13.8 Å². The molecule has 106 valence electrons. The van der Waals surface area contributed by atoms with Crippen molar-refractivity contribution in [3.8, 4) is 5.75 Å². The molecule has 2 unspecified atom stereocenters. The van der Waals surface area contributed by atoms with Crippen molar-refractivity contribution < 1.29 is 4.74 Å². The first-order valence-corrected chi connectivity index (χ1v) is 7.95. The van der Waals surface area contributed by atoms with Crippen LogP contribution in [0.25, 0.3) is 0 Å². The summed E-state index contributed by atoms with van der Waals surface area (Å²) in [6.07, 6.45) is 3.83. The average Bonchev–Trinajstić information content (AvgIpc) is 2.45. The summed E-state index contributed by atoms with van der Waals surface area (Å²) in [7, 11) is 1.74. The summed E-state index contributed by atoms with van der Waals surface area (Å²) in [5, 5.41) is 0.537. The lowest BCUT2D eigenvalue weighted by atomic mass is 9.95. The Morgan fingerprint density at radius 2 is 2.16 bits per heavy atom. The maximum Gasteiger partial charge on any atom is 0.126 e. The quantitative estimate of drug-likeness (QED) is 0.657. The lowest BCUT2D eigenvalue weighted by Gasteiger charge is -2.31. The van der Waals surface area contributed by atoms with Gasteiger partial charge in [-0.05, 0) is 43.6 Å². The number of ether oxygens (including phenoxy) is 1. The largest absolute Gasteiger partial charge is 0.496 e. The monoisotopic (exact) mass is 280 g/mol. The van der Waals surface area contributed by atoms with Gasteiger partial charge >= 0.3 is 0 Å². The highest BCUT2D eigenvalue weighted by Crippen LogP contribution is 2.39. The molecule has 19 heavy (non-hydrogen) atoms. The van der Waals surface area contributed by atoms with Crippen molar-refractivity contribution in [2.24, 2.45) is 5.84 Å². The van der Waals surface area contributed by atoms with Gasteiger partial charge in [0.15, 0.2) is 0 Å². The summed E-state index contributed by atoms with van der Waals surface area (Å²) in [4.78, 5) is 0. The molecule has 1 aliphatic rings. The van der Waals surface area contributed by atoms with Crippen molar-refractivity contribution in [1.82, 2.24) is 5.43 Å². The number of hydrazine groups is 1. The molecule has 1 aromatic carbocycles. The van der Waals surface area contributed by atoms with Crippen LogP contribution in [-0.4, -0.2) is 18.1 Å². The average molecular weight is 280 g/mol. The summed E-state index contributed by atoms with van der Waals surface area (Å²) in [6.45, 7) is 4.22. The van der Waals surface area contributed by atoms with Gasteiger partial charge in [-0.3, -0.25) is 11.3 Å². The van der Waals surface area contributed by atoms with Gasteiger partial charge < -0.3 is 4.74 Å². The molecule has 1 saturated heterocycles. The molecule has 1 fully saturated rings. The standard InChI is InChI=1S/C15H24N2OS/c1-10-7-8-12(15(18-3)11(10)2)14(17-16)13-6-4-5-9-19-13/h7-8,13-14,17H,4-6,9,16H2,1-3H3. The van der Waals surface area contributed by atoms with E-state index in [1.807, 2.05) is 11.8 Å². The third-order valence-electron chi connectivity index (χ3n) is 4.01. The highest BCUT2D eigenvalue weighted by molar-refractivity contribution is 8.00. The minimum Gasteiger partial charge on any atom is -0.496 e. The van der Waals surface area contributed by atoms with E-state index >= 15 is 0 Å². The third kappa shape index (κ3) is 3.07. The minimum atomic E-state index is 0.166. The molecule has 1 aliphatic heterocycles. The number of aryl methyl sites for hydroxylation is 1. The van der Waals surface area contributed by atoms with Crippen LogP contribution in [0.2, 0.25) is 0 Å². The van der Waals surface area contributed by atoms with Gasteiger partial charge in [-0.1, -0.05) is 18.6 Å². The van der Waals surface area contributed by atoms with Crippen molar-refractivity contribution in [2.75, 3.05) is 12.9 Å². The van der Waals surface area contributed by atoms with E-state index in [-0.39, 0.29) is 6.04 Å². The van der Waals surface area contributed by atoms with Crippen molar-refractivity contribution in [3.63, 3.8) is 0 Å². The molecule has 0 bridgehead atoms. The minimum absolute atomic E-state index is 0.166. The second kappa shape index (κ2) is 6.64. The summed E-state index contributed by atoms with van der Waals surface area (Å²) in [5.74, 6) is 8.04. The number of methoxy groups -OCH3 is 1. The van der Waals surface area contributed by atoms with E-state index in [0.717, 1.165) is 5.75 Å². The molecule has 0 radical (unpaired) electrons. The van der Waals surface area contributed by atoms with Gasteiger partial charge in [-0.15, -0.1) is 0 Å². The third-order valence-corrected chi connectivity index (χ3v) is 5.47. The lowest BCUT2D eigenvalue weighted by Crippen LogP contribution is -2.36. The van der Waals surface area contributed by atoms with Crippen LogP contribution >= 0.6 is 11.8 Å². The topological polar surface area (TPSA) is 47.3 Å². The second-order valence-electron chi connectivity index (χ2n) is 5.18. The van der Waals surface area contributed by atoms with Gasteiger partial charge in [-0.2, -0.15) is 11.8 Å². The van der Waals surface area contributed by atoms with Crippen LogP contribution in [0.5, 0.6) is 5.75 Å². The van der Waals surface area contributed by atoms with Gasteiger partial charge in [0.05, 0.1) is 13.2 Å². The van der Waals surface area contributed by atoms with E-state index in [2.05, 4.69) is 31.4 Å². The SMILES string of the molecule is COc1c(C(NN)C2CCCCS2)ccc(C)c1C. The fraction of sp³-hybridized carbons (Fsp3) is 0.600. The summed E-state index contributed by atoms with van der Waals surface area (Å²) in [6, 6.07) is 4.48. The van der Waals surface area contributed by atoms with Crippen LogP contribution in [0.15, 0.2) is 12.1 Å². The van der Waals surface area contributed by atoms with E-state index in [4.69, 9.17) is 10.6 Å². The normalized spacial score (nSPS) is 21.2. The molecule has 0 aliphatic carbocycles. The lowest BCUT2D eigenvalue weighted by molar-refractivity contribution is 0.391. The van der Waals surface area contributed by atoms with Crippen LogP contribution < -0.4 is 16.0 Å². The van der Waals surface area contributed by atoms with Crippen molar-refractivity contribution in [2.45, 2.75) is 44.4 Å². The number of rotatable bonds is 4. The fourth-order valence-electron chi connectivity index (χ4n) is 2.75. The molecule has 3 nitrogen and oxygen atoms in total. The Hall–Kier alpha value is -0.710. The Labute approximate surface area is 120 Å². The Kier molecular flexibility index (Phi) is 5.13. The maximum atomic E-state index is 5.83.